The van der Waals surface area contributed by atoms with Gasteiger partial charge in [0.2, 0.25) is 11.8 Å². The van der Waals surface area contributed by atoms with Gasteiger partial charge in [-0.2, -0.15) is 0 Å². The van der Waals surface area contributed by atoms with Crippen molar-refractivity contribution in [3.63, 3.8) is 0 Å². The number of carbonyl (C=O) groups excluding carboxylic acids is 1. The first-order valence-corrected chi connectivity index (χ1v) is 8.73. The van der Waals surface area contributed by atoms with Crippen LogP contribution in [0.15, 0.2) is 40.1 Å². The number of benzene rings is 1. The number of aryl methyl sites for hydroxylation is 1. The molecule has 2 heterocycles. The van der Waals surface area contributed by atoms with Crippen LogP contribution in [0, 0.1) is 6.92 Å². The monoisotopic (exact) mass is 366 g/mol. The molecule has 1 N–H and O–H groups in total. The second-order valence-corrected chi connectivity index (χ2v) is 7.09. The molecule has 1 amide bonds. The Morgan fingerprint density at radius 1 is 1.35 bits per heavy atom. The van der Waals surface area contributed by atoms with E-state index in [-0.39, 0.29) is 11.7 Å². The molecule has 1 aromatic carbocycles. The third-order valence-corrected chi connectivity index (χ3v) is 4.59. The zero-order valence-electron chi connectivity index (χ0n) is 11.9. The number of hydrogen-bond donors (Lipinski definition) is 1. The maximum atomic E-state index is 11.8. The molecule has 23 heavy (non-hydrogen) atoms. The third kappa shape index (κ3) is 4.31. The maximum Gasteiger partial charge on any atom is 0.277 e. The minimum absolute atomic E-state index is 0.168. The predicted octanol–water partition coefficient (Wildman–Crippen LogP) is 3.89. The highest BCUT2D eigenvalue weighted by Gasteiger charge is 2.12. The molecule has 3 rings (SSSR count). The number of amides is 1. The van der Waals surface area contributed by atoms with Crippen LogP contribution < -0.4 is 5.32 Å². The van der Waals surface area contributed by atoms with Crippen LogP contribution in [-0.4, -0.2) is 26.8 Å². The van der Waals surface area contributed by atoms with Crippen molar-refractivity contribution in [2.75, 3.05) is 11.1 Å². The number of nitrogens with one attached hydrogen (secondary N) is 1. The van der Waals surface area contributed by atoms with Gasteiger partial charge in [-0.05, 0) is 31.2 Å². The number of hydrogen-bond acceptors (Lipinski definition) is 7. The molecule has 118 valence electrons. The van der Waals surface area contributed by atoms with Crippen LogP contribution in [0.5, 0.6) is 0 Å². The van der Waals surface area contributed by atoms with Gasteiger partial charge < -0.3 is 9.73 Å². The van der Waals surface area contributed by atoms with E-state index >= 15 is 0 Å². The normalized spacial score (nSPS) is 10.7. The molecule has 0 fully saturated rings. The molecule has 0 aliphatic rings. The lowest BCUT2D eigenvalue weighted by Gasteiger charge is -1.98. The van der Waals surface area contributed by atoms with Crippen LogP contribution in [0.4, 0.5) is 5.13 Å². The van der Waals surface area contributed by atoms with Crippen LogP contribution in [0.3, 0.4) is 0 Å². The van der Waals surface area contributed by atoms with Gasteiger partial charge in [-0.25, -0.2) is 4.98 Å². The molecule has 6 nitrogen and oxygen atoms in total. The van der Waals surface area contributed by atoms with E-state index in [2.05, 4.69) is 20.5 Å². The lowest BCUT2D eigenvalue weighted by Crippen LogP contribution is -2.13. The molecule has 0 saturated carbocycles. The Bertz CT molecular complexity index is 816. The Morgan fingerprint density at radius 2 is 2.13 bits per heavy atom. The molecular formula is C14H11ClN4O2S2. The number of rotatable bonds is 5. The van der Waals surface area contributed by atoms with Crippen LogP contribution in [0.25, 0.3) is 11.5 Å². The zero-order chi connectivity index (χ0) is 16.2. The highest BCUT2D eigenvalue weighted by atomic mass is 35.5. The number of thiazole rings is 1. The Morgan fingerprint density at radius 3 is 2.83 bits per heavy atom. The summed E-state index contributed by atoms with van der Waals surface area (Å²) in [4.78, 5) is 17.0. The van der Waals surface area contributed by atoms with E-state index in [0.29, 0.717) is 21.3 Å². The van der Waals surface area contributed by atoms with Gasteiger partial charge in [-0.15, -0.1) is 21.5 Å². The summed E-state index contributed by atoms with van der Waals surface area (Å²) in [6, 6.07) is 7.08. The van der Waals surface area contributed by atoms with Crippen molar-refractivity contribution in [1.82, 2.24) is 15.2 Å². The first-order chi connectivity index (χ1) is 11.1. The quantitative estimate of drug-likeness (QED) is 0.690. The molecule has 3 aromatic rings. The smallest absolute Gasteiger partial charge is 0.277 e. The topological polar surface area (TPSA) is 80.9 Å². The molecule has 0 spiro atoms. The molecule has 0 bridgehead atoms. The van der Waals surface area contributed by atoms with Crippen molar-refractivity contribution in [3.8, 4) is 11.5 Å². The fourth-order valence-corrected chi connectivity index (χ4v) is 3.04. The van der Waals surface area contributed by atoms with Crippen LogP contribution in [0.1, 0.15) is 4.88 Å². The molecule has 0 atom stereocenters. The van der Waals surface area contributed by atoms with Gasteiger partial charge in [-0.1, -0.05) is 23.4 Å². The Hall–Kier alpha value is -1.90. The lowest BCUT2D eigenvalue weighted by atomic mass is 10.2. The fourth-order valence-electron chi connectivity index (χ4n) is 1.67. The molecule has 0 aliphatic carbocycles. The standard InChI is InChI=1S/C14H11ClN4O2S2/c1-8-6-16-13(23-8)17-11(20)7-22-14-19-18-12(21-14)9-2-4-10(15)5-3-9/h2-6H,7H2,1H3,(H,16,17,20). The summed E-state index contributed by atoms with van der Waals surface area (Å²) in [5, 5.41) is 12.2. The van der Waals surface area contributed by atoms with Crippen LogP contribution in [-0.2, 0) is 4.79 Å². The van der Waals surface area contributed by atoms with Gasteiger partial charge in [-0.3, -0.25) is 4.79 Å². The highest BCUT2D eigenvalue weighted by molar-refractivity contribution is 7.99. The number of carbonyl (C=O) groups is 1. The lowest BCUT2D eigenvalue weighted by molar-refractivity contribution is -0.113. The van der Waals surface area contributed by atoms with Crippen molar-refractivity contribution >= 4 is 45.7 Å². The average molecular weight is 367 g/mol. The Kier molecular flexibility index (Phi) is 4.94. The second kappa shape index (κ2) is 7.12. The summed E-state index contributed by atoms with van der Waals surface area (Å²) in [7, 11) is 0. The SMILES string of the molecule is Cc1cnc(NC(=O)CSc2nnc(-c3ccc(Cl)cc3)o2)s1. The molecule has 0 aliphatic heterocycles. The van der Waals surface area contributed by atoms with Crippen molar-refractivity contribution in [1.29, 1.82) is 0 Å². The van der Waals surface area contributed by atoms with Crippen LogP contribution >= 0.6 is 34.7 Å². The maximum absolute atomic E-state index is 11.8. The van der Waals surface area contributed by atoms with Crippen molar-refractivity contribution in [2.45, 2.75) is 12.1 Å². The molecular weight excluding hydrogens is 356 g/mol. The fraction of sp³-hybridized carbons (Fsp3) is 0.143. The molecule has 0 unspecified atom stereocenters. The molecule has 2 aromatic heterocycles. The van der Waals surface area contributed by atoms with Crippen molar-refractivity contribution in [2.24, 2.45) is 0 Å². The van der Waals surface area contributed by atoms with Gasteiger partial charge in [0, 0.05) is 21.7 Å². The minimum atomic E-state index is -0.171. The number of aromatic nitrogens is 3. The van der Waals surface area contributed by atoms with Gasteiger partial charge >= 0.3 is 0 Å². The third-order valence-electron chi connectivity index (χ3n) is 2.69. The predicted molar refractivity (Wildman–Crippen MR) is 90.9 cm³/mol. The number of anilines is 1. The van der Waals surface area contributed by atoms with Crippen molar-refractivity contribution in [3.05, 3.63) is 40.4 Å². The van der Waals surface area contributed by atoms with Gasteiger partial charge in [0.25, 0.3) is 5.22 Å². The summed E-state index contributed by atoms with van der Waals surface area (Å²) < 4.78 is 5.52. The summed E-state index contributed by atoms with van der Waals surface area (Å²) in [6.45, 7) is 1.93. The number of halogens is 1. The Labute approximate surface area is 145 Å². The zero-order valence-corrected chi connectivity index (χ0v) is 14.3. The van der Waals surface area contributed by atoms with Crippen molar-refractivity contribution < 1.29 is 9.21 Å². The molecule has 9 heteroatoms. The molecule has 0 saturated heterocycles. The average Bonchev–Trinajstić information content (AvgIpc) is 3.15. The van der Waals surface area contributed by atoms with E-state index in [1.807, 2.05) is 6.92 Å². The summed E-state index contributed by atoms with van der Waals surface area (Å²) >= 11 is 8.43. The Balaban J connectivity index is 1.56. The minimum Gasteiger partial charge on any atom is -0.411 e. The van der Waals surface area contributed by atoms with E-state index in [1.165, 1.54) is 23.1 Å². The van der Waals surface area contributed by atoms with E-state index in [9.17, 15) is 4.79 Å². The van der Waals surface area contributed by atoms with E-state index in [1.54, 1.807) is 30.5 Å². The highest BCUT2D eigenvalue weighted by Crippen LogP contribution is 2.24. The summed E-state index contributed by atoms with van der Waals surface area (Å²) in [6.07, 6.45) is 1.71. The van der Waals surface area contributed by atoms with E-state index in [4.69, 9.17) is 16.0 Å². The van der Waals surface area contributed by atoms with Gasteiger partial charge in [0.1, 0.15) is 0 Å². The number of nitrogens with zero attached hydrogens (tertiary/aromatic N) is 3. The van der Waals surface area contributed by atoms with Crippen LogP contribution in [0.2, 0.25) is 5.02 Å². The first kappa shape index (κ1) is 16.0. The van der Waals surface area contributed by atoms with Gasteiger partial charge in [0.15, 0.2) is 5.13 Å². The van der Waals surface area contributed by atoms with Gasteiger partial charge in [0.05, 0.1) is 5.75 Å². The van der Waals surface area contributed by atoms with E-state index in [0.717, 1.165) is 10.4 Å². The largest absolute Gasteiger partial charge is 0.411 e. The summed E-state index contributed by atoms with van der Waals surface area (Å²) in [5.41, 5.74) is 0.775. The van der Waals surface area contributed by atoms with E-state index < -0.39 is 0 Å². The summed E-state index contributed by atoms with van der Waals surface area (Å²) in [5.74, 6) is 0.386. The number of thioether (sulfide) groups is 1. The first-order valence-electron chi connectivity index (χ1n) is 6.55. The molecule has 0 radical (unpaired) electrons. The second-order valence-electron chi connectivity index (χ2n) is 4.49.